The molecule has 0 saturated carbocycles. The van der Waals surface area contributed by atoms with Crippen LogP contribution in [0.2, 0.25) is 0 Å². The molecule has 3 nitrogen and oxygen atoms in total. The van der Waals surface area contributed by atoms with Crippen molar-refractivity contribution in [2.45, 2.75) is 39.4 Å². The van der Waals surface area contributed by atoms with Gasteiger partial charge in [-0.25, -0.2) is 0 Å². The van der Waals surface area contributed by atoms with Crippen molar-refractivity contribution in [2.75, 3.05) is 20.2 Å². The van der Waals surface area contributed by atoms with Crippen LogP contribution in [0.1, 0.15) is 31.4 Å². The maximum atomic E-state index is 5.55. The number of hydrogen-bond donors (Lipinski definition) is 1. The zero-order chi connectivity index (χ0) is 16.4. The fraction of sp³-hybridized carbons (Fsp3) is 0.474. The van der Waals surface area contributed by atoms with Gasteiger partial charge in [0.1, 0.15) is 5.75 Å². The Balaban J connectivity index is 2.77. The second-order valence-corrected chi connectivity index (χ2v) is 5.61. The summed E-state index contributed by atoms with van der Waals surface area (Å²) in [6, 6.07) is 6.98. The van der Waals surface area contributed by atoms with Crippen LogP contribution in [-0.2, 0) is 13.1 Å². The van der Waals surface area contributed by atoms with Crippen molar-refractivity contribution in [3.8, 4) is 5.75 Å². The highest BCUT2D eigenvalue weighted by Crippen LogP contribution is 2.21. The molecule has 0 spiro atoms. The summed E-state index contributed by atoms with van der Waals surface area (Å²) in [7, 11) is 1.73. The van der Waals surface area contributed by atoms with Crippen molar-refractivity contribution in [1.29, 1.82) is 0 Å². The van der Waals surface area contributed by atoms with E-state index in [9.17, 15) is 0 Å². The van der Waals surface area contributed by atoms with Gasteiger partial charge in [-0.1, -0.05) is 31.2 Å². The Morgan fingerprint density at radius 2 is 1.95 bits per heavy atom. The van der Waals surface area contributed by atoms with Crippen molar-refractivity contribution in [2.24, 2.45) is 0 Å². The molecule has 0 saturated heterocycles. The second kappa shape index (κ2) is 10.2. The number of methoxy groups -OCH3 is 1. The third kappa shape index (κ3) is 6.04. The molecule has 0 aliphatic carbocycles. The van der Waals surface area contributed by atoms with Gasteiger partial charge in [-0.3, -0.25) is 4.90 Å². The molecule has 1 unspecified atom stereocenters. The van der Waals surface area contributed by atoms with Crippen LogP contribution in [0.15, 0.2) is 43.5 Å². The van der Waals surface area contributed by atoms with Gasteiger partial charge in [0, 0.05) is 37.8 Å². The molecule has 1 atom stereocenters. The summed E-state index contributed by atoms with van der Waals surface area (Å²) in [5.74, 6) is 0.949. The quantitative estimate of drug-likeness (QED) is 0.630. The molecule has 0 amide bonds. The Morgan fingerprint density at radius 3 is 2.50 bits per heavy atom. The summed E-state index contributed by atoms with van der Waals surface area (Å²) < 4.78 is 5.55. The topological polar surface area (TPSA) is 24.5 Å². The van der Waals surface area contributed by atoms with E-state index in [2.05, 4.69) is 55.4 Å². The number of rotatable bonds is 11. The van der Waals surface area contributed by atoms with Crippen LogP contribution in [0.3, 0.4) is 0 Å². The van der Waals surface area contributed by atoms with Crippen LogP contribution in [0.5, 0.6) is 5.75 Å². The first kappa shape index (κ1) is 18.5. The molecule has 0 bridgehead atoms. The minimum absolute atomic E-state index is 0.514. The van der Waals surface area contributed by atoms with E-state index in [-0.39, 0.29) is 0 Å². The molecule has 0 aliphatic rings. The summed E-state index contributed by atoms with van der Waals surface area (Å²) in [4.78, 5) is 2.28. The van der Waals surface area contributed by atoms with Crippen LogP contribution < -0.4 is 10.1 Å². The van der Waals surface area contributed by atoms with Crippen molar-refractivity contribution >= 4 is 0 Å². The van der Waals surface area contributed by atoms with Gasteiger partial charge in [0.15, 0.2) is 0 Å². The molecule has 0 fully saturated rings. The van der Waals surface area contributed by atoms with Gasteiger partial charge in [-0.2, -0.15) is 0 Å². The SMILES string of the molecule is C=CCN(CC=C)Cc1ccc(CNC(C)CC)c(OC)c1. The summed E-state index contributed by atoms with van der Waals surface area (Å²) in [5, 5.41) is 3.51. The normalized spacial score (nSPS) is 12.2. The molecular weight excluding hydrogens is 272 g/mol. The first-order valence-electron chi connectivity index (χ1n) is 7.97. The number of nitrogens with zero attached hydrogens (tertiary/aromatic N) is 1. The zero-order valence-corrected chi connectivity index (χ0v) is 14.3. The van der Waals surface area contributed by atoms with Crippen molar-refractivity contribution in [3.63, 3.8) is 0 Å². The van der Waals surface area contributed by atoms with E-state index in [0.717, 1.165) is 38.3 Å². The van der Waals surface area contributed by atoms with E-state index in [1.54, 1.807) is 7.11 Å². The van der Waals surface area contributed by atoms with E-state index in [0.29, 0.717) is 6.04 Å². The predicted molar refractivity (Wildman–Crippen MR) is 95.3 cm³/mol. The van der Waals surface area contributed by atoms with E-state index >= 15 is 0 Å². The molecule has 22 heavy (non-hydrogen) atoms. The maximum absolute atomic E-state index is 5.55. The molecule has 3 heteroatoms. The van der Waals surface area contributed by atoms with Gasteiger partial charge in [0.05, 0.1) is 7.11 Å². The highest BCUT2D eigenvalue weighted by Gasteiger charge is 2.08. The van der Waals surface area contributed by atoms with Gasteiger partial charge < -0.3 is 10.1 Å². The van der Waals surface area contributed by atoms with Crippen LogP contribution in [0.4, 0.5) is 0 Å². The lowest BCUT2D eigenvalue weighted by Crippen LogP contribution is -2.25. The van der Waals surface area contributed by atoms with Crippen molar-refractivity contribution < 1.29 is 4.74 Å². The van der Waals surface area contributed by atoms with Gasteiger partial charge in [-0.15, -0.1) is 13.2 Å². The third-order valence-electron chi connectivity index (χ3n) is 3.79. The average molecular weight is 302 g/mol. The Morgan fingerprint density at radius 1 is 1.27 bits per heavy atom. The van der Waals surface area contributed by atoms with Gasteiger partial charge in [-0.05, 0) is 25.0 Å². The van der Waals surface area contributed by atoms with Gasteiger partial charge in [0.25, 0.3) is 0 Å². The van der Waals surface area contributed by atoms with Gasteiger partial charge >= 0.3 is 0 Å². The van der Waals surface area contributed by atoms with Crippen LogP contribution in [0.25, 0.3) is 0 Å². The smallest absolute Gasteiger partial charge is 0.123 e. The Kier molecular flexibility index (Phi) is 8.56. The molecule has 1 N–H and O–H groups in total. The molecular formula is C19H30N2O. The summed E-state index contributed by atoms with van der Waals surface area (Å²) in [6.45, 7) is 15.4. The summed E-state index contributed by atoms with van der Waals surface area (Å²) >= 11 is 0. The largest absolute Gasteiger partial charge is 0.496 e. The number of benzene rings is 1. The van der Waals surface area contributed by atoms with Gasteiger partial charge in [0.2, 0.25) is 0 Å². The molecule has 1 aromatic rings. The van der Waals surface area contributed by atoms with Crippen molar-refractivity contribution in [3.05, 3.63) is 54.6 Å². The van der Waals surface area contributed by atoms with Crippen LogP contribution >= 0.6 is 0 Å². The minimum atomic E-state index is 0.514. The molecule has 0 heterocycles. The molecule has 0 aromatic heterocycles. The second-order valence-electron chi connectivity index (χ2n) is 5.61. The monoisotopic (exact) mass is 302 g/mol. The summed E-state index contributed by atoms with van der Waals surface area (Å²) in [6.07, 6.45) is 4.97. The lowest BCUT2D eigenvalue weighted by atomic mass is 10.1. The first-order chi connectivity index (χ1) is 10.6. The Bertz CT molecular complexity index is 461. The predicted octanol–water partition coefficient (Wildman–Crippen LogP) is 3.76. The maximum Gasteiger partial charge on any atom is 0.123 e. The highest BCUT2D eigenvalue weighted by atomic mass is 16.5. The average Bonchev–Trinajstić information content (AvgIpc) is 2.53. The third-order valence-corrected chi connectivity index (χ3v) is 3.79. The fourth-order valence-electron chi connectivity index (χ4n) is 2.29. The molecule has 1 aromatic carbocycles. The highest BCUT2D eigenvalue weighted by molar-refractivity contribution is 5.37. The molecule has 0 radical (unpaired) electrons. The van der Waals surface area contributed by atoms with Crippen LogP contribution in [0, 0.1) is 0 Å². The van der Waals surface area contributed by atoms with Crippen molar-refractivity contribution in [1.82, 2.24) is 10.2 Å². The number of nitrogens with one attached hydrogen (secondary N) is 1. The number of hydrogen-bond acceptors (Lipinski definition) is 3. The lowest BCUT2D eigenvalue weighted by Gasteiger charge is -2.20. The van der Waals surface area contributed by atoms with E-state index < -0.39 is 0 Å². The first-order valence-corrected chi connectivity index (χ1v) is 7.97. The van der Waals surface area contributed by atoms with E-state index in [4.69, 9.17) is 4.74 Å². The fourth-order valence-corrected chi connectivity index (χ4v) is 2.29. The Hall–Kier alpha value is -1.58. The molecule has 122 valence electrons. The lowest BCUT2D eigenvalue weighted by molar-refractivity contribution is 0.326. The standard InChI is InChI=1S/C19H30N2O/c1-6-11-21(12-7-2)15-17-9-10-18(19(13-17)22-5)14-20-16(4)8-3/h6-7,9-10,13,16,20H,1-2,8,11-12,14-15H2,3-5H3. The zero-order valence-electron chi connectivity index (χ0n) is 14.3. The molecule has 0 aliphatic heterocycles. The Labute approximate surface area is 135 Å². The molecule has 1 rings (SSSR count). The van der Waals surface area contributed by atoms with E-state index in [1.807, 2.05) is 12.2 Å². The van der Waals surface area contributed by atoms with E-state index in [1.165, 1.54) is 11.1 Å². The summed E-state index contributed by atoms with van der Waals surface area (Å²) in [5.41, 5.74) is 2.44. The van der Waals surface area contributed by atoms with Crippen LogP contribution in [-0.4, -0.2) is 31.1 Å². The number of ether oxygens (including phenoxy) is 1. The minimum Gasteiger partial charge on any atom is -0.496 e.